The van der Waals surface area contributed by atoms with Gasteiger partial charge in [0.1, 0.15) is 5.82 Å². The first-order chi connectivity index (χ1) is 15.7. The first kappa shape index (κ1) is 21.6. The van der Waals surface area contributed by atoms with Crippen LogP contribution in [-0.4, -0.2) is 21.9 Å². The van der Waals surface area contributed by atoms with Gasteiger partial charge in [-0.15, -0.1) is 10.2 Å². The van der Waals surface area contributed by atoms with E-state index in [1.807, 2.05) is 30.3 Å². The summed E-state index contributed by atoms with van der Waals surface area (Å²) in [5.74, 6) is -0.375. The number of amides is 1. The van der Waals surface area contributed by atoms with E-state index in [1.165, 1.54) is 29.2 Å². The summed E-state index contributed by atoms with van der Waals surface area (Å²) in [6, 6.07) is 22.9. The Kier molecular flexibility index (Phi) is 7.15. The molecule has 0 unspecified atom stereocenters. The van der Waals surface area contributed by atoms with Crippen LogP contribution in [0.15, 0.2) is 93.4 Å². The SMILES string of the molecule is O=C(CSc1nnc(Nc2ccccc2F)s1)Nc1ccc(N=Nc2ccccc2)cc1. The largest absolute Gasteiger partial charge is 0.328 e. The molecule has 0 radical (unpaired) electrons. The highest BCUT2D eigenvalue weighted by molar-refractivity contribution is 8.01. The Labute approximate surface area is 191 Å². The van der Waals surface area contributed by atoms with Gasteiger partial charge in [0, 0.05) is 5.69 Å². The summed E-state index contributed by atoms with van der Waals surface area (Å²) in [4.78, 5) is 12.2. The fourth-order valence-electron chi connectivity index (χ4n) is 2.54. The van der Waals surface area contributed by atoms with Gasteiger partial charge in [0.25, 0.3) is 0 Å². The summed E-state index contributed by atoms with van der Waals surface area (Å²) in [5, 5.41) is 22.5. The molecular weight excluding hydrogens is 447 g/mol. The number of carbonyl (C=O) groups excluding carboxylic acids is 1. The molecule has 0 aliphatic rings. The van der Waals surface area contributed by atoms with Gasteiger partial charge in [-0.25, -0.2) is 4.39 Å². The zero-order valence-corrected chi connectivity index (χ0v) is 18.2. The average Bonchev–Trinajstić information content (AvgIpc) is 3.27. The second kappa shape index (κ2) is 10.6. The van der Waals surface area contributed by atoms with Crippen molar-refractivity contribution in [1.29, 1.82) is 0 Å². The Balaban J connectivity index is 1.26. The van der Waals surface area contributed by atoms with Crippen LogP contribution in [0.1, 0.15) is 0 Å². The zero-order chi connectivity index (χ0) is 22.2. The first-order valence-electron chi connectivity index (χ1n) is 9.50. The van der Waals surface area contributed by atoms with Gasteiger partial charge in [-0.2, -0.15) is 10.2 Å². The number of para-hydroxylation sites is 1. The van der Waals surface area contributed by atoms with E-state index in [0.29, 0.717) is 26.5 Å². The number of rotatable bonds is 8. The fourth-order valence-corrected chi connectivity index (χ4v) is 4.11. The number of nitrogens with one attached hydrogen (secondary N) is 2. The third-order valence-electron chi connectivity index (χ3n) is 4.04. The number of carbonyl (C=O) groups is 1. The number of azo groups is 1. The summed E-state index contributed by atoms with van der Waals surface area (Å²) in [7, 11) is 0. The molecule has 0 saturated heterocycles. The molecule has 7 nitrogen and oxygen atoms in total. The minimum absolute atomic E-state index is 0.170. The van der Waals surface area contributed by atoms with Crippen LogP contribution in [0.4, 0.5) is 32.3 Å². The second-order valence-corrected chi connectivity index (χ2v) is 8.60. The third kappa shape index (κ3) is 6.19. The molecule has 1 amide bonds. The zero-order valence-electron chi connectivity index (χ0n) is 16.6. The molecule has 0 aliphatic heterocycles. The molecule has 0 atom stereocenters. The van der Waals surface area contributed by atoms with Gasteiger partial charge in [0.05, 0.1) is 22.8 Å². The highest BCUT2D eigenvalue weighted by Crippen LogP contribution is 2.28. The van der Waals surface area contributed by atoms with Crippen LogP contribution in [0.2, 0.25) is 0 Å². The molecule has 1 heterocycles. The monoisotopic (exact) mass is 464 g/mol. The van der Waals surface area contributed by atoms with E-state index >= 15 is 0 Å². The number of hydrogen-bond acceptors (Lipinski definition) is 8. The van der Waals surface area contributed by atoms with Crippen molar-refractivity contribution in [2.24, 2.45) is 10.2 Å². The van der Waals surface area contributed by atoms with Crippen molar-refractivity contribution in [3.63, 3.8) is 0 Å². The Morgan fingerprint density at radius 1 is 0.906 bits per heavy atom. The number of aromatic nitrogens is 2. The molecule has 1 aromatic heterocycles. The lowest BCUT2D eigenvalue weighted by Gasteiger charge is -2.04. The maximum Gasteiger partial charge on any atom is 0.234 e. The molecular formula is C22H17FN6OS2. The Bertz CT molecular complexity index is 1210. The lowest BCUT2D eigenvalue weighted by molar-refractivity contribution is -0.113. The van der Waals surface area contributed by atoms with Gasteiger partial charge < -0.3 is 10.6 Å². The van der Waals surface area contributed by atoms with Gasteiger partial charge in [0.15, 0.2) is 4.34 Å². The highest BCUT2D eigenvalue weighted by atomic mass is 32.2. The maximum absolute atomic E-state index is 13.7. The van der Waals surface area contributed by atoms with Crippen molar-refractivity contribution in [1.82, 2.24) is 10.2 Å². The summed E-state index contributed by atoms with van der Waals surface area (Å²) in [6.07, 6.45) is 0. The van der Waals surface area contributed by atoms with Crippen molar-refractivity contribution in [3.05, 3.63) is 84.7 Å². The minimum Gasteiger partial charge on any atom is -0.328 e. The van der Waals surface area contributed by atoms with Gasteiger partial charge in [-0.3, -0.25) is 4.79 Å². The summed E-state index contributed by atoms with van der Waals surface area (Å²) in [6.45, 7) is 0. The van der Waals surface area contributed by atoms with Crippen LogP contribution in [-0.2, 0) is 4.79 Å². The highest BCUT2D eigenvalue weighted by Gasteiger charge is 2.10. The van der Waals surface area contributed by atoms with E-state index in [-0.39, 0.29) is 17.5 Å². The minimum atomic E-state index is -0.371. The van der Waals surface area contributed by atoms with Crippen LogP contribution in [0, 0.1) is 5.82 Å². The summed E-state index contributed by atoms with van der Waals surface area (Å²) >= 11 is 2.51. The molecule has 3 aromatic carbocycles. The first-order valence-corrected chi connectivity index (χ1v) is 11.3. The number of anilines is 3. The second-order valence-electron chi connectivity index (χ2n) is 6.40. The van der Waals surface area contributed by atoms with Gasteiger partial charge in [-0.05, 0) is 48.5 Å². The number of thioether (sulfide) groups is 1. The van der Waals surface area contributed by atoms with Crippen LogP contribution in [0.3, 0.4) is 0 Å². The quantitative estimate of drug-likeness (QED) is 0.227. The van der Waals surface area contributed by atoms with E-state index < -0.39 is 0 Å². The molecule has 10 heteroatoms. The predicted molar refractivity (Wildman–Crippen MR) is 126 cm³/mol. The molecule has 0 aliphatic carbocycles. The number of hydrogen-bond donors (Lipinski definition) is 2. The van der Waals surface area contributed by atoms with Gasteiger partial charge in [-0.1, -0.05) is 53.4 Å². The Morgan fingerprint density at radius 3 is 2.34 bits per heavy atom. The molecule has 32 heavy (non-hydrogen) atoms. The predicted octanol–water partition coefficient (Wildman–Crippen LogP) is 6.57. The average molecular weight is 465 g/mol. The van der Waals surface area contributed by atoms with Crippen molar-refractivity contribution < 1.29 is 9.18 Å². The lowest BCUT2D eigenvalue weighted by Crippen LogP contribution is -2.13. The summed E-state index contributed by atoms with van der Waals surface area (Å²) < 4.78 is 14.3. The standard InChI is InChI=1S/C22H17FN6OS2/c23-18-8-4-5-9-19(18)25-21-28-29-22(32-21)31-14-20(30)24-15-10-12-17(13-11-15)27-26-16-6-2-1-3-7-16/h1-13H,14H2,(H,24,30)(H,25,28). The number of halogens is 1. The van der Waals surface area contributed by atoms with E-state index in [4.69, 9.17) is 0 Å². The molecule has 0 fully saturated rings. The van der Waals surface area contributed by atoms with E-state index in [2.05, 4.69) is 31.1 Å². The number of nitrogens with zero attached hydrogens (tertiary/aromatic N) is 4. The molecule has 160 valence electrons. The molecule has 0 bridgehead atoms. The number of benzene rings is 3. The van der Waals surface area contributed by atoms with E-state index in [9.17, 15) is 9.18 Å². The van der Waals surface area contributed by atoms with Crippen molar-refractivity contribution in [3.8, 4) is 0 Å². The van der Waals surface area contributed by atoms with Gasteiger partial charge >= 0.3 is 0 Å². The molecule has 0 saturated carbocycles. The maximum atomic E-state index is 13.7. The molecule has 4 rings (SSSR count). The van der Waals surface area contributed by atoms with E-state index in [1.54, 1.807) is 42.5 Å². The van der Waals surface area contributed by atoms with E-state index in [0.717, 1.165) is 5.69 Å². The summed E-state index contributed by atoms with van der Waals surface area (Å²) in [5.41, 5.74) is 2.44. The Morgan fingerprint density at radius 2 is 1.59 bits per heavy atom. The Hall–Kier alpha value is -3.63. The fraction of sp³-hybridized carbons (Fsp3) is 0.0455. The van der Waals surface area contributed by atoms with Crippen molar-refractivity contribution in [2.45, 2.75) is 4.34 Å². The molecule has 0 spiro atoms. The molecule has 2 N–H and O–H groups in total. The van der Waals surface area contributed by atoms with Crippen molar-refractivity contribution in [2.75, 3.05) is 16.4 Å². The molecule has 4 aromatic rings. The van der Waals surface area contributed by atoms with Crippen LogP contribution < -0.4 is 10.6 Å². The van der Waals surface area contributed by atoms with Crippen LogP contribution >= 0.6 is 23.1 Å². The smallest absolute Gasteiger partial charge is 0.234 e. The van der Waals surface area contributed by atoms with Gasteiger partial charge in [0.2, 0.25) is 11.0 Å². The van der Waals surface area contributed by atoms with Crippen molar-refractivity contribution >= 4 is 56.9 Å². The topological polar surface area (TPSA) is 91.6 Å². The normalized spacial score (nSPS) is 10.9. The lowest BCUT2D eigenvalue weighted by atomic mass is 10.3. The van der Waals surface area contributed by atoms with Crippen LogP contribution in [0.25, 0.3) is 0 Å². The van der Waals surface area contributed by atoms with Crippen LogP contribution in [0.5, 0.6) is 0 Å². The third-order valence-corrected chi connectivity index (χ3v) is 6.01.